The second-order valence-electron chi connectivity index (χ2n) is 3.74. The Morgan fingerprint density at radius 2 is 2.00 bits per heavy atom. The number of hydrogen-bond acceptors (Lipinski definition) is 4. The van der Waals surface area contributed by atoms with E-state index in [9.17, 15) is 9.59 Å². The molecule has 0 unspecified atom stereocenters. The highest BCUT2D eigenvalue weighted by Crippen LogP contribution is 1.91. The van der Waals surface area contributed by atoms with Gasteiger partial charge in [-0.25, -0.2) is 0 Å². The maximum absolute atomic E-state index is 11.6. The van der Waals surface area contributed by atoms with Gasteiger partial charge in [-0.05, 0) is 12.8 Å². The number of guanidine groups is 1. The van der Waals surface area contributed by atoms with E-state index in [4.69, 9.17) is 11.5 Å². The van der Waals surface area contributed by atoms with Crippen LogP contribution < -0.4 is 22.1 Å². The largest absolute Gasteiger partial charge is 0.370 e. The van der Waals surface area contributed by atoms with E-state index in [1.807, 2.05) is 0 Å². The summed E-state index contributed by atoms with van der Waals surface area (Å²) in [6.07, 6.45) is 1.55. The van der Waals surface area contributed by atoms with Gasteiger partial charge in [-0.2, -0.15) is 12.6 Å². The molecule has 0 radical (unpaired) electrons. The zero-order chi connectivity index (χ0) is 14.0. The molecule has 0 aliphatic rings. The molecule has 7 nitrogen and oxygen atoms in total. The van der Waals surface area contributed by atoms with Gasteiger partial charge in [0.1, 0.15) is 6.04 Å². The molecular formula is C10H21N5O2S. The molecule has 6 N–H and O–H groups in total. The molecule has 18 heavy (non-hydrogen) atoms. The first-order valence-corrected chi connectivity index (χ1v) is 6.31. The van der Waals surface area contributed by atoms with E-state index in [-0.39, 0.29) is 23.5 Å². The Labute approximate surface area is 112 Å². The number of nitrogens with one attached hydrogen (secondary N) is 2. The minimum atomic E-state index is -0.594. The lowest BCUT2D eigenvalue weighted by atomic mass is 10.2. The molecule has 1 atom stereocenters. The number of carbonyl (C=O) groups excluding carboxylic acids is 2. The monoisotopic (exact) mass is 275 g/mol. The summed E-state index contributed by atoms with van der Waals surface area (Å²) >= 11 is 4.01. The van der Waals surface area contributed by atoms with Gasteiger partial charge in [0.15, 0.2) is 5.96 Å². The number of thiol groups is 1. The normalized spacial score (nSPS) is 11.4. The summed E-state index contributed by atoms with van der Waals surface area (Å²) in [6.45, 7) is 2.42. The molecule has 0 saturated heterocycles. The Morgan fingerprint density at radius 3 is 2.50 bits per heavy atom. The topological polar surface area (TPSA) is 123 Å². The van der Waals surface area contributed by atoms with Gasteiger partial charge in [0.2, 0.25) is 11.8 Å². The van der Waals surface area contributed by atoms with Crippen LogP contribution in [0.1, 0.15) is 19.8 Å². The van der Waals surface area contributed by atoms with Crippen molar-refractivity contribution in [2.24, 2.45) is 16.5 Å². The molecule has 0 aliphatic carbocycles. The van der Waals surface area contributed by atoms with Crippen molar-refractivity contribution >= 4 is 30.4 Å². The van der Waals surface area contributed by atoms with E-state index in [0.717, 1.165) is 12.8 Å². The zero-order valence-corrected chi connectivity index (χ0v) is 11.4. The molecule has 0 rings (SSSR count). The number of rotatable bonds is 8. The highest BCUT2D eigenvalue weighted by molar-refractivity contribution is 7.80. The Kier molecular flexibility index (Phi) is 8.81. The van der Waals surface area contributed by atoms with Gasteiger partial charge in [-0.15, -0.1) is 0 Å². The molecule has 0 aliphatic heterocycles. The standard InChI is InChI=1S/C10H21N5O2S/c1-7(16)15-8(6-18)9(17)13-4-2-3-5-14-10(11)12/h8,18H,2-6H2,1H3,(H,13,17)(H,15,16)(H4,11,12,14)/t8-/m0/s1. The van der Waals surface area contributed by atoms with Crippen molar-refractivity contribution in [1.82, 2.24) is 10.6 Å². The Morgan fingerprint density at radius 1 is 1.33 bits per heavy atom. The predicted molar refractivity (Wildman–Crippen MR) is 74.4 cm³/mol. The van der Waals surface area contributed by atoms with Gasteiger partial charge in [-0.3, -0.25) is 14.6 Å². The van der Waals surface area contributed by atoms with Crippen LogP contribution in [0, 0.1) is 0 Å². The van der Waals surface area contributed by atoms with Gasteiger partial charge in [0.05, 0.1) is 0 Å². The summed E-state index contributed by atoms with van der Waals surface area (Å²) in [5.41, 5.74) is 10.3. The van der Waals surface area contributed by atoms with Crippen molar-refractivity contribution < 1.29 is 9.59 Å². The molecule has 2 amide bonds. The van der Waals surface area contributed by atoms with Crippen LogP contribution in [0.2, 0.25) is 0 Å². The molecule has 0 spiro atoms. The molecule has 8 heteroatoms. The molecule has 0 bridgehead atoms. The highest BCUT2D eigenvalue weighted by atomic mass is 32.1. The maximum Gasteiger partial charge on any atom is 0.243 e. The predicted octanol–water partition coefficient (Wildman–Crippen LogP) is -1.41. The van der Waals surface area contributed by atoms with Crippen molar-refractivity contribution in [3.8, 4) is 0 Å². The van der Waals surface area contributed by atoms with E-state index >= 15 is 0 Å². The summed E-state index contributed by atoms with van der Waals surface area (Å²) in [5.74, 6) is -0.154. The lowest BCUT2D eigenvalue weighted by molar-refractivity contribution is -0.127. The molecule has 0 fully saturated rings. The van der Waals surface area contributed by atoms with E-state index in [2.05, 4.69) is 28.3 Å². The summed E-state index contributed by atoms with van der Waals surface area (Å²) in [7, 11) is 0. The molecule has 0 aromatic rings. The average molecular weight is 275 g/mol. The molecule has 0 heterocycles. The van der Waals surface area contributed by atoms with Crippen LogP contribution >= 0.6 is 12.6 Å². The third kappa shape index (κ3) is 8.68. The fraction of sp³-hybridized carbons (Fsp3) is 0.700. The number of unbranched alkanes of at least 4 members (excludes halogenated alkanes) is 1. The summed E-state index contributed by atoms with van der Waals surface area (Å²) in [6, 6.07) is -0.594. The molecular weight excluding hydrogens is 254 g/mol. The smallest absolute Gasteiger partial charge is 0.243 e. The number of hydrogen-bond donors (Lipinski definition) is 5. The van der Waals surface area contributed by atoms with Crippen molar-refractivity contribution in [2.45, 2.75) is 25.8 Å². The van der Waals surface area contributed by atoms with Crippen molar-refractivity contribution in [3.63, 3.8) is 0 Å². The van der Waals surface area contributed by atoms with Gasteiger partial charge in [-0.1, -0.05) is 0 Å². The Bertz CT molecular complexity index is 305. The number of aliphatic imine (C=N–C) groups is 1. The van der Waals surface area contributed by atoms with Gasteiger partial charge < -0.3 is 22.1 Å². The average Bonchev–Trinajstić information content (AvgIpc) is 2.29. The van der Waals surface area contributed by atoms with Gasteiger partial charge >= 0.3 is 0 Å². The fourth-order valence-corrected chi connectivity index (χ4v) is 1.48. The summed E-state index contributed by atoms with van der Waals surface area (Å²) in [5, 5.41) is 5.23. The SMILES string of the molecule is CC(=O)N[C@@H](CS)C(=O)NCCCCN=C(N)N. The molecule has 0 saturated carbocycles. The van der Waals surface area contributed by atoms with Crippen LogP contribution in [0.4, 0.5) is 0 Å². The highest BCUT2D eigenvalue weighted by Gasteiger charge is 2.16. The lowest BCUT2D eigenvalue weighted by Gasteiger charge is -2.15. The van der Waals surface area contributed by atoms with E-state index < -0.39 is 6.04 Å². The first-order valence-electron chi connectivity index (χ1n) is 5.68. The van der Waals surface area contributed by atoms with E-state index in [1.54, 1.807) is 0 Å². The second-order valence-corrected chi connectivity index (χ2v) is 4.11. The lowest BCUT2D eigenvalue weighted by Crippen LogP contribution is -2.47. The molecule has 0 aromatic heterocycles. The Balaban J connectivity index is 3.74. The van der Waals surface area contributed by atoms with Gasteiger partial charge in [0, 0.05) is 25.8 Å². The number of carbonyl (C=O) groups is 2. The number of nitrogens with two attached hydrogens (primary N) is 2. The first kappa shape index (κ1) is 16.6. The van der Waals surface area contributed by atoms with Crippen LogP contribution in [0.25, 0.3) is 0 Å². The summed E-state index contributed by atoms with van der Waals surface area (Å²) in [4.78, 5) is 26.3. The van der Waals surface area contributed by atoms with E-state index in [0.29, 0.717) is 13.1 Å². The van der Waals surface area contributed by atoms with Crippen molar-refractivity contribution in [1.29, 1.82) is 0 Å². The van der Waals surface area contributed by atoms with Crippen LogP contribution in [0.5, 0.6) is 0 Å². The third-order valence-electron chi connectivity index (χ3n) is 2.06. The van der Waals surface area contributed by atoms with Crippen LogP contribution in [0.15, 0.2) is 4.99 Å². The first-order chi connectivity index (χ1) is 8.47. The Hall–Kier alpha value is -1.44. The van der Waals surface area contributed by atoms with Crippen molar-refractivity contribution in [2.75, 3.05) is 18.8 Å². The fourth-order valence-electron chi connectivity index (χ4n) is 1.22. The molecule has 0 aromatic carbocycles. The number of nitrogens with zero attached hydrogens (tertiary/aromatic N) is 1. The van der Waals surface area contributed by atoms with Crippen LogP contribution in [-0.2, 0) is 9.59 Å². The third-order valence-corrected chi connectivity index (χ3v) is 2.42. The summed E-state index contributed by atoms with van der Waals surface area (Å²) < 4.78 is 0. The zero-order valence-electron chi connectivity index (χ0n) is 10.5. The van der Waals surface area contributed by atoms with E-state index in [1.165, 1.54) is 6.92 Å². The maximum atomic E-state index is 11.6. The number of amides is 2. The second kappa shape index (κ2) is 9.58. The minimum absolute atomic E-state index is 0.0693. The van der Waals surface area contributed by atoms with Gasteiger partial charge in [0.25, 0.3) is 0 Å². The van der Waals surface area contributed by atoms with Crippen LogP contribution in [-0.4, -0.2) is 42.7 Å². The van der Waals surface area contributed by atoms with Crippen molar-refractivity contribution in [3.05, 3.63) is 0 Å². The quantitative estimate of drug-likeness (QED) is 0.162. The molecule has 104 valence electrons. The minimum Gasteiger partial charge on any atom is -0.370 e. The van der Waals surface area contributed by atoms with Crippen LogP contribution in [0.3, 0.4) is 0 Å².